The van der Waals surface area contributed by atoms with Gasteiger partial charge in [-0.15, -0.1) is 0 Å². The highest BCUT2D eigenvalue weighted by Crippen LogP contribution is 2.37. The van der Waals surface area contributed by atoms with Crippen molar-refractivity contribution in [2.24, 2.45) is 17.8 Å². The largest absolute Gasteiger partial charge is 0.439 e. The molecule has 11 nitrogen and oxygen atoms in total. The number of anilines is 2. The van der Waals surface area contributed by atoms with E-state index in [4.69, 9.17) is 19.5 Å². The molecule has 1 unspecified atom stereocenters. The molecule has 0 aliphatic heterocycles. The topological polar surface area (TPSA) is 138 Å². The number of rotatable bonds is 8. The van der Waals surface area contributed by atoms with Crippen LogP contribution in [-0.2, 0) is 6.54 Å². The fraction of sp³-hybridized carbons (Fsp3) is 0.750. The highest BCUT2D eigenvalue weighted by atomic mass is 16.5. The van der Waals surface area contributed by atoms with Crippen LogP contribution >= 0.6 is 0 Å². The molecule has 3 aliphatic rings. The fourth-order valence-electron chi connectivity index (χ4n) is 6.73. The van der Waals surface area contributed by atoms with Crippen LogP contribution < -0.4 is 16.0 Å². The molecule has 3 N–H and O–H groups in total. The molecule has 0 saturated heterocycles. The summed E-state index contributed by atoms with van der Waals surface area (Å²) >= 11 is 0. The van der Waals surface area contributed by atoms with E-state index in [1.165, 1.54) is 44.9 Å². The van der Waals surface area contributed by atoms with E-state index in [-0.39, 0.29) is 29.8 Å². The van der Waals surface area contributed by atoms with Gasteiger partial charge in [0.05, 0.1) is 12.1 Å². The molecule has 11 heteroatoms. The van der Waals surface area contributed by atoms with E-state index < -0.39 is 5.76 Å². The van der Waals surface area contributed by atoms with Crippen molar-refractivity contribution >= 4 is 22.9 Å². The molecule has 3 aliphatic carbocycles. The summed E-state index contributed by atoms with van der Waals surface area (Å²) in [5.41, 5.74) is 1.44. The molecule has 3 heterocycles. The number of aliphatic hydroxyl groups excluding tert-OH is 1. The van der Waals surface area contributed by atoms with Crippen molar-refractivity contribution in [3.63, 3.8) is 0 Å². The lowest BCUT2D eigenvalue weighted by Gasteiger charge is -2.36. The molecule has 0 amide bonds. The van der Waals surface area contributed by atoms with Crippen LogP contribution in [0.1, 0.15) is 84.5 Å². The maximum Gasteiger partial charge on any atom is 0.439 e. The van der Waals surface area contributed by atoms with E-state index in [2.05, 4.69) is 38.8 Å². The van der Waals surface area contributed by atoms with Crippen molar-refractivity contribution in [1.82, 2.24) is 29.7 Å². The number of aliphatic hydroxyl groups is 1. The van der Waals surface area contributed by atoms with Gasteiger partial charge in [0, 0.05) is 19.6 Å². The van der Waals surface area contributed by atoms with Crippen molar-refractivity contribution in [2.45, 2.75) is 109 Å². The standard InChI is InChI=1S/C28H42N8O3/c1-16-11-13-18(14-12-16)15-36-22-23(29-17(2)19-7-6-8-19)30-25(26-33-28(38)39-34-26)31-24(22)32-27(36)35(3)20-9-4-5-10-21(20)37/h16-21,37H,4-15H2,1-3H3,(H,29,30,31)(H,33,34,38)/t16?,17-,18?,20?,21+/m1/s1. The van der Waals surface area contributed by atoms with Crippen LogP contribution in [0.5, 0.6) is 0 Å². The lowest BCUT2D eigenvalue weighted by molar-refractivity contribution is 0.105. The molecule has 0 aromatic carbocycles. The number of hydrogen-bond donors (Lipinski definition) is 3. The Hall–Kier alpha value is -2.95. The molecule has 39 heavy (non-hydrogen) atoms. The normalized spacial score (nSPS) is 26.9. The molecule has 0 spiro atoms. The highest BCUT2D eigenvalue weighted by Gasteiger charge is 2.33. The van der Waals surface area contributed by atoms with Gasteiger partial charge >= 0.3 is 5.76 Å². The average molecular weight is 539 g/mol. The van der Waals surface area contributed by atoms with E-state index in [1.54, 1.807) is 0 Å². The molecule has 0 bridgehead atoms. The number of imidazole rings is 1. The Morgan fingerprint density at radius 2 is 1.85 bits per heavy atom. The number of fused-ring (bicyclic) bond motifs is 1. The molecule has 3 atom stereocenters. The van der Waals surface area contributed by atoms with Crippen LogP contribution in [0.2, 0.25) is 0 Å². The Bertz CT molecular complexity index is 1340. The van der Waals surface area contributed by atoms with E-state index in [0.717, 1.165) is 49.6 Å². The molecule has 3 fully saturated rings. The monoisotopic (exact) mass is 538 g/mol. The van der Waals surface area contributed by atoms with E-state index in [0.29, 0.717) is 23.3 Å². The van der Waals surface area contributed by atoms with Crippen molar-refractivity contribution in [2.75, 3.05) is 17.3 Å². The van der Waals surface area contributed by atoms with Crippen LogP contribution in [0.15, 0.2) is 9.32 Å². The smallest absolute Gasteiger partial charge is 0.391 e. The van der Waals surface area contributed by atoms with Gasteiger partial charge in [0.2, 0.25) is 17.6 Å². The maximum absolute atomic E-state index is 11.7. The lowest BCUT2D eigenvalue weighted by atomic mass is 9.80. The summed E-state index contributed by atoms with van der Waals surface area (Å²) in [4.78, 5) is 31.2. The Kier molecular flexibility index (Phi) is 7.35. The molecule has 6 rings (SSSR count). The Morgan fingerprint density at radius 1 is 1.08 bits per heavy atom. The van der Waals surface area contributed by atoms with Gasteiger partial charge < -0.3 is 19.9 Å². The summed E-state index contributed by atoms with van der Waals surface area (Å²) in [5, 5.41) is 18.5. The summed E-state index contributed by atoms with van der Waals surface area (Å²) < 4.78 is 7.06. The van der Waals surface area contributed by atoms with E-state index >= 15 is 0 Å². The molecule has 3 saturated carbocycles. The molecule has 3 aromatic rings. The minimum atomic E-state index is -0.644. The van der Waals surface area contributed by atoms with Crippen molar-refractivity contribution in [1.29, 1.82) is 0 Å². The van der Waals surface area contributed by atoms with Crippen molar-refractivity contribution in [3.05, 3.63) is 10.6 Å². The Balaban J connectivity index is 1.47. The Labute approximate surface area is 228 Å². The minimum Gasteiger partial charge on any atom is -0.391 e. The van der Waals surface area contributed by atoms with Gasteiger partial charge in [-0.2, -0.15) is 4.98 Å². The number of aromatic amines is 1. The molecular weight excluding hydrogens is 496 g/mol. The van der Waals surface area contributed by atoms with Gasteiger partial charge in [-0.05, 0) is 63.2 Å². The third kappa shape index (κ3) is 5.29. The van der Waals surface area contributed by atoms with E-state index in [1.807, 2.05) is 7.05 Å². The SMILES string of the molecule is CC1CCC(Cn2c(N(C)C3CCCC[C@@H]3O)nc3nc(-c4noc(=O)[nH]4)nc(N[C@H](C)C4CCC4)c32)CC1. The van der Waals surface area contributed by atoms with Crippen LogP contribution in [0.3, 0.4) is 0 Å². The predicted octanol–water partition coefficient (Wildman–Crippen LogP) is 4.34. The number of H-pyrrole nitrogens is 1. The zero-order chi connectivity index (χ0) is 27.1. The summed E-state index contributed by atoms with van der Waals surface area (Å²) in [6, 6.07) is 0.242. The number of likely N-dealkylation sites (N-methyl/N-ethyl adjacent to an activating group) is 1. The second kappa shape index (κ2) is 10.9. The second-order valence-electron chi connectivity index (χ2n) is 12.3. The van der Waals surface area contributed by atoms with Crippen LogP contribution in [-0.4, -0.2) is 60.0 Å². The summed E-state index contributed by atoms with van der Waals surface area (Å²) in [7, 11) is 2.05. The highest BCUT2D eigenvalue weighted by molar-refractivity contribution is 5.87. The zero-order valence-electron chi connectivity index (χ0n) is 23.4. The molecule has 0 radical (unpaired) electrons. The Morgan fingerprint density at radius 3 is 2.51 bits per heavy atom. The first-order chi connectivity index (χ1) is 18.9. The third-order valence-electron chi connectivity index (χ3n) is 9.54. The van der Waals surface area contributed by atoms with Crippen LogP contribution in [0.4, 0.5) is 11.8 Å². The van der Waals surface area contributed by atoms with Gasteiger partial charge in [-0.25, -0.2) is 14.8 Å². The zero-order valence-corrected chi connectivity index (χ0v) is 23.4. The number of aromatic nitrogens is 6. The molecule has 3 aromatic heterocycles. The number of nitrogens with one attached hydrogen (secondary N) is 2. The number of hydrogen-bond acceptors (Lipinski definition) is 9. The lowest BCUT2D eigenvalue weighted by Crippen LogP contribution is -2.44. The van der Waals surface area contributed by atoms with Crippen LogP contribution in [0.25, 0.3) is 22.8 Å². The van der Waals surface area contributed by atoms with Gasteiger partial charge in [-0.3, -0.25) is 9.51 Å². The average Bonchev–Trinajstić information content (AvgIpc) is 3.48. The van der Waals surface area contributed by atoms with Gasteiger partial charge in [0.25, 0.3) is 0 Å². The summed E-state index contributed by atoms with van der Waals surface area (Å²) in [6.45, 7) is 5.39. The first-order valence-corrected chi connectivity index (χ1v) is 14.9. The van der Waals surface area contributed by atoms with Crippen molar-refractivity contribution in [3.8, 4) is 11.6 Å². The quantitative estimate of drug-likeness (QED) is 0.382. The van der Waals surface area contributed by atoms with Crippen molar-refractivity contribution < 1.29 is 9.63 Å². The first kappa shape index (κ1) is 26.3. The summed E-state index contributed by atoms with van der Waals surface area (Å²) in [6.07, 6.45) is 12.1. The van der Waals surface area contributed by atoms with Gasteiger partial charge in [0.1, 0.15) is 5.52 Å². The first-order valence-electron chi connectivity index (χ1n) is 14.9. The molecular formula is C28H42N8O3. The maximum atomic E-state index is 11.7. The third-order valence-corrected chi connectivity index (χ3v) is 9.54. The molecule has 212 valence electrons. The fourth-order valence-corrected chi connectivity index (χ4v) is 6.73. The van der Waals surface area contributed by atoms with E-state index in [9.17, 15) is 9.90 Å². The number of nitrogens with zero attached hydrogens (tertiary/aromatic N) is 6. The van der Waals surface area contributed by atoms with Gasteiger partial charge in [0.15, 0.2) is 11.5 Å². The second-order valence-corrected chi connectivity index (χ2v) is 12.3. The predicted molar refractivity (Wildman–Crippen MR) is 150 cm³/mol. The van der Waals surface area contributed by atoms with Gasteiger partial charge in [-0.1, -0.05) is 44.2 Å². The summed E-state index contributed by atoms with van der Waals surface area (Å²) in [5.74, 6) is 3.26. The minimum absolute atomic E-state index is 0.00493. The van der Waals surface area contributed by atoms with Crippen LogP contribution in [0, 0.1) is 17.8 Å².